The van der Waals surface area contributed by atoms with Gasteiger partial charge < -0.3 is 10.7 Å². The maximum absolute atomic E-state index is 13.4. The monoisotopic (exact) mass is 367 g/mol. The van der Waals surface area contributed by atoms with Crippen LogP contribution in [0.25, 0.3) is 0 Å². The fraction of sp³-hybridized carbons (Fsp3) is 0.526. The van der Waals surface area contributed by atoms with Crippen molar-refractivity contribution in [3.8, 4) is 0 Å². The molecule has 142 valence electrons. The van der Waals surface area contributed by atoms with Crippen LogP contribution in [0.5, 0.6) is 0 Å². The Hall–Kier alpha value is -2.02. The molecule has 1 heterocycles. The van der Waals surface area contributed by atoms with Crippen molar-refractivity contribution < 1.29 is 18.0 Å². The quantitative estimate of drug-likeness (QED) is 0.749. The summed E-state index contributed by atoms with van der Waals surface area (Å²) >= 11 is 0. The molecule has 0 spiro atoms. The summed E-state index contributed by atoms with van der Waals surface area (Å²) in [6.07, 6.45) is 0.547. The van der Waals surface area contributed by atoms with E-state index in [9.17, 15) is 18.0 Å². The van der Waals surface area contributed by atoms with Gasteiger partial charge in [-0.15, -0.1) is 0 Å². The molecule has 1 aliphatic carbocycles. The number of hydrazine groups is 1. The van der Waals surface area contributed by atoms with Gasteiger partial charge in [0.25, 0.3) is 0 Å². The summed E-state index contributed by atoms with van der Waals surface area (Å²) in [5.41, 5.74) is 5.67. The van der Waals surface area contributed by atoms with Crippen molar-refractivity contribution in [1.29, 1.82) is 0 Å². The van der Waals surface area contributed by atoms with Crippen molar-refractivity contribution >= 4 is 5.91 Å². The van der Waals surface area contributed by atoms with Crippen LogP contribution in [0.4, 0.5) is 13.2 Å². The van der Waals surface area contributed by atoms with Gasteiger partial charge >= 0.3 is 6.18 Å². The normalized spacial score (nSPS) is 24.5. The number of nitrogens with one attached hydrogen (secondary N) is 3. The molecule has 1 aromatic carbocycles. The molecule has 0 bridgehead atoms. The van der Waals surface area contributed by atoms with Gasteiger partial charge in [0.05, 0.1) is 5.54 Å². The smallest absolute Gasteiger partial charge is 0.355 e. The molecule has 26 heavy (non-hydrogen) atoms. The van der Waals surface area contributed by atoms with E-state index in [0.29, 0.717) is 19.3 Å². The molecular formula is C19H24F3N3O. The van der Waals surface area contributed by atoms with Crippen LogP contribution in [0.1, 0.15) is 43.7 Å². The minimum atomic E-state index is -4.49. The van der Waals surface area contributed by atoms with E-state index in [1.165, 1.54) is 0 Å². The predicted octanol–water partition coefficient (Wildman–Crippen LogP) is 3.30. The van der Waals surface area contributed by atoms with Crippen LogP contribution in [0.15, 0.2) is 36.5 Å². The Kier molecular flexibility index (Phi) is 5.01. The lowest BCUT2D eigenvalue weighted by molar-refractivity contribution is -0.220. The van der Waals surface area contributed by atoms with Gasteiger partial charge in [0.15, 0.2) is 0 Å². The summed E-state index contributed by atoms with van der Waals surface area (Å²) in [4.78, 5) is 12.2. The summed E-state index contributed by atoms with van der Waals surface area (Å²) < 4.78 is 40.1. The molecule has 1 saturated carbocycles. The molecule has 3 rings (SSSR count). The second-order valence-corrected chi connectivity index (χ2v) is 7.29. The molecule has 0 radical (unpaired) electrons. The first-order valence-electron chi connectivity index (χ1n) is 8.92. The lowest BCUT2D eigenvalue weighted by Gasteiger charge is -2.30. The van der Waals surface area contributed by atoms with E-state index < -0.39 is 17.5 Å². The number of alkyl halides is 3. The van der Waals surface area contributed by atoms with E-state index in [-0.39, 0.29) is 24.9 Å². The fourth-order valence-electron chi connectivity index (χ4n) is 3.74. The zero-order valence-corrected chi connectivity index (χ0v) is 14.7. The predicted molar refractivity (Wildman–Crippen MR) is 92.9 cm³/mol. The number of halogens is 3. The molecule has 4 nitrogen and oxygen atoms in total. The first-order valence-corrected chi connectivity index (χ1v) is 8.92. The van der Waals surface area contributed by atoms with Crippen molar-refractivity contribution in [2.24, 2.45) is 5.41 Å². The van der Waals surface area contributed by atoms with Gasteiger partial charge in [-0.1, -0.05) is 37.1 Å². The average Bonchev–Trinajstić information content (AvgIpc) is 3.25. The van der Waals surface area contributed by atoms with Gasteiger partial charge in [0.2, 0.25) is 5.91 Å². The van der Waals surface area contributed by atoms with Crippen molar-refractivity contribution in [3.63, 3.8) is 0 Å². The Labute approximate surface area is 151 Å². The molecule has 2 aliphatic rings. The third-order valence-corrected chi connectivity index (χ3v) is 5.52. The number of hydrogen-bond acceptors (Lipinski definition) is 3. The Morgan fingerprint density at radius 2 is 1.85 bits per heavy atom. The van der Waals surface area contributed by atoms with E-state index in [2.05, 4.69) is 16.2 Å². The standard InChI is InChI=1S/C19H24F3N3O/c1-17(11-13-24-25-17)15-6-4-14(5-7-15)8-12-23-16(26)18(19(20,21)22)9-2-3-10-18/h4-7,11,13,24-25H,2-3,8-10,12H2,1H3,(H,23,26). The van der Waals surface area contributed by atoms with Crippen LogP contribution in [0.2, 0.25) is 0 Å². The van der Waals surface area contributed by atoms with E-state index in [1.54, 1.807) is 0 Å². The molecule has 1 atom stereocenters. The van der Waals surface area contributed by atoms with Crippen molar-refractivity contribution in [1.82, 2.24) is 16.2 Å². The number of hydrogen-bond donors (Lipinski definition) is 3. The van der Waals surface area contributed by atoms with Gasteiger partial charge in [-0.25, -0.2) is 5.43 Å². The molecule has 1 fully saturated rings. The molecular weight excluding hydrogens is 343 g/mol. The zero-order chi connectivity index (χ0) is 18.8. The SMILES string of the molecule is CC1(c2ccc(CCNC(=O)C3(C(F)(F)F)CCCC3)cc2)C=CNN1. The summed E-state index contributed by atoms with van der Waals surface area (Å²) in [6, 6.07) is 7.84. The Balaban J connectivity index is 1.56. The van der Waals surface area contributed by atoms with E-state index >= 15 is 0 Å². The Morgan fingerprint density at radius 3 is 2.38 bits per heavy atom. The topological polar surface area (TPSA) is 53.2 Å². The third kappa shape index (κ3) is 3.45. The summed E-state index contributed by atoms with van der Waals surface area (Å²) in [7, 11) is 0. The van der Waals surface area contributed by atoms with Crippen molar-refractivity contribution in [2.45, 2.75) is 50.7 Å². The highest BCUT2D eigenvalue weighted by molar-refractivity contribution is 5.83. The molecule has 3 N–H and O–H groups in total. The minimum absolute atomic E-state index is 0.107. The second-order valence-electron chi connectivity index (χ2n) is 7.29. The molecule has 7 heteroatoms. The second kappa shape index (κ2) is 6.95. The number of benzene rings is 1. The highest BCUT2D eigenvalue weighted by Gasteiger charge is 2.60. The summed E-state index contributed by atoms with van der Waals surface area (Å²) in [6.45, 7) is 2.24. The van der Waals surface area contributed by atoms with Gasteiger partial charge in [-0.3, -0.25) is 4.79 Å². The van der Waals surface area contributed by atoms with Gasteiger partial charge in [-0.05, 0) is 43.4 Å². The first kappa shape index (κ1) is 18.8. The van der Waals surface area contributed by atoms with Crippen LogP contribution in [0.3, 0.4) is 0 Å². The highest BCUT2D eigenvalue weighted by Crippen LogP contribution is 2.50. The highest BCUT2D eigenvalue weighted by atomic mass is 19.4. The lowest BCUT2D eigenvalue weighted by Crippen LogP contribution is -2.49. The molecule has 1 unspecified atom stereocenters. The maximum atomic E-state index is 13.4. The summed E-state index contributed by atoms with van der Waals surface area (Å²) in [5.74, 6) is -0.877. The van der Waals surface area contributed by atoms with Crippen molar-refractivity contribution in [3.05, 3.63) is 47.7 Å². The zero-order valence-electron chi connectivity index (χ0n) is 14.7. The molecule has 1 aliphatic heterocycles. The summed E-state index contributed by atoms with van der Waals surface area (Å²) in [5, 5.41) is 2.51. The Bertz CT molecular complexity index is 678. The fourth-order valence-corrected chi connectivity index (χ4v) is 3.74. The molecule has 0 aromatic heterocycles. The molecule has 1 aromatic rings. The third-order valence-electron chi connectivity index (χ3n) is 5.52. The number of carbonyl (C=O) groups excluding carboxylic acids is 1. The van der Waals surface area contributed by atoms with Crippen LogP contribution < -0.4 is 16.2 Å². The Morgan fingerprint density at radius 1 is 1.19 bits per heavy atom. The number of carbonyl (C=O) groups is 1. The van der Waals surface area contributed by atoms with Gasteiger partial charge in [0.1, 0.15) is 5.41 Å². The van der Waals surface area contributed by atoms with Crippen molar-refractivity contribution in [2.75, 3.05) is 6.54 Å². The van der Waals surface area contributed by atoms with Gasteiger partial charge in [0, 0.05) is 12.7 Å². The van der Waals surface area contributed by atoms with E-state index in [4.69, 9.17) is 0 Å². The molecule has 1 amide bonds. The largest absolute Gasteiger partial charge is 0.403 e. The van der Waals surface area contributed by atoms with Crippen LogP contribution in [-0.4, -0.2) is 18.6 Å². The lowest BCUT2D eigenvalue weighted by atomic mass is 9.84. The maximum Gasteiger partial charge on any atom is 0.403 e. The minimum Gasteiger partial charge on any atom is -0.355 e. The average molecular weight is 367 g/mol. The van der Waals surface area contributed by atoms with Gasteiger partial charge in [-0.2, -0.15) is 13.2 Å². The van der Waals surface area contributed by atoms with Crippen LogP contribution in [-0.2, 0) is 16.8 Å². The molecule has 0 saturated heterocycles. The first-order chi connectivity index (χ1) is 12.3. The number of amides is 1. The van der Waals surface area contributed by atoms with E-state index in [0.717, 1.165) is 11.1 Å². The van der Waals surface area contributed by atoms with E-state index in [1.807, 2.05) is 43.5 Å². The van der Waals surface area contributed by atoms with Crippen LogP contribution in [0, 0.1) is 5.41 Å². The van der Waals surface area contributed by atoms with Crippen LogP contribution >= 0.6 is 0 Å². The number of rotatable bonds is 5.